The Labute approximate surface area is 147 Å². The molecule has 3 rings (SSSR count). The molecule has 0 aliphatic carbocycles. The highest BCUT2D eigenvalue weighted by Crippen LogP contribution is 2.20. The zero-order valence-corrected chi connectivity index (χ0v) is 14.9. The molecule has 7 nitrogen and oxygen atoms in total. The van der Waals surface area contributed by atoms with Gasteiger partial charge in [-0.05, 0) is 25.5 Å². The van der Waals surface area contributed by atoms with Crippen molar-refractivity contribution in [1.82, 2.24) is 19.6 Å². The van der Waals surface area contributed by atoms with Gasteiger partial charge in [-0.15, -0.1) is 0 Å². The molecule has 0 saturated carbocycles. The van der Waals surface area contributed by atoms with E-state index in [4.69, 9.17) is 10.5 Å². The summed E-state index contributed by atoms with van der Waals surface area (Å²) in [5, 5.41) is 7.79. The van der Waals surface area contributed by atoms with Crippen molar-refractivity contribution in [3.8, 4) is 0 Å². The molecule has 0 fully saturated rings. The first-order chi connectivity index (χ1) is 12.1. The lowest BCUT2D eigenvalue weighted by molar-refractivity contribution is 0.181. The van der Waals surface area contributed by atoms with Crippen LogP contribution in [-0.4, -0.2) is 33.2 Å². The van der Waals surface area contributed by atoms with Crippen molar-refractivity contribution in [1.29, 1.82) is 0 Å². The Bertz CT molecular complexity index is 873. The number of aromatic nitrogens is 4. The molecule has 3 aromatic rings. The van der Waals surface area contributed by atoms with E-state index in [2.05, 4.69) is 27.3 Å². The second kappa shape index (κ2) is 7.48. The predicted octanol–water partition coefficient (Wildman–Crippen LogP) is 2.38. The van der Waals surface area contributed by atoms with Crippen LogP contribution in [0.25, 0.3) is 5.65 Å². The Hall–Kier alpha value is -2.67. The van der Waals surface area contributed by atoms with Crippen molar-refractivity contribution in [3.63, 3.8) is 0 Å². The molecule has 0 aliphatic rings. The summed E-state index contributed by atoms with van der Waals surface area (Å²) in [6.07, 6.45) is 1.67. The van der Waals surface area contributed by atoms with Crippen molar-refractivity contribution in [2.45, 2.75) is 33.3 Å². The molecular formula is C18H24N6O. The van der Waals surface area contributed by atoms with Crippen LogP contribution in [-0.2, 0) is 24.2 Å². The smallest absolute Gasteiger partial charge is 0.163 e. The van der Waals surface area contributed by atoms with Gasteiger partial charge in [0, 0.05) is 37.4 Å². The molecule has 7 heteroatoms. The molecule has 0 aliphatic heterocycles. The molecule has 0 spiro atoms. The maximum absolute atomic E-state index is 6.12. The summed E-state index contributed by atoms with van der Waals surface area (Å²) in [6.45, 7) is 5.33. The first kappa shape index (κ1) is 17.2. The van der Waals surface area contributed by atoms with E-state index in [-0.39, 0.29) is 0 Å². The third kappa shape index (κ3) is 3.71. The SMILES string of the molecule is CCc1c(C)nn2c(N)cc(NCCc3cccc(COC)n3)nc12. The monoisotopic (exact) mass is 340 g/mol. The molecule has 0 unspecified atom stereocenters. The molecule has 0 atom stereocenters. The van der Waals surface area contributed by atoms with Gasteiger partial charge in [0.05, 0.1) is 18.0 Å². The minimum absolute atomic E-state index is 0.524. The van der Waals surface area contributed by atoms with Gasteiger partial charge in [0.15, 0.2) is 5.65 Å². The highest BCUT2D eigenvalue weighted by molar-refractivity contribution is 5.60. The first-order valence-electron chi connectivity index (χ1n) is 8.44. The standard InChI is InChI=1S/C18H24N6O/c1-4-15-12(2)23-24-16(19)10-17(22-18(15)24)20-9-8-13-6-5-7-14(21-13)11-25-3/h5-7,10H,4,8-9,11,19H2,1-3H3,(H,20,22). The molecule has 0 amide bonds. The van der Waals surface area contributed by atoms with Crippen LogP contribution in [0, 0.1) is 6.92 Å². The number of hydrogen-bond donors (Lipinski definition) is 2. The Balaban J connectivity index is 1.72. The lowest BCUT2D eigenvalue weighted by atomic mass is 10.2. The zero-order chi connectivity index (χ0) is 17.8. The third-order valence-corrected chi connectivity index (χ3v) is 4.11. The van der Waals surface area contributed by atoms with E-state index >= 15 is 0 Å². The van der Waals surface area contributed by atoms with Gasteiger partial charge < -0.3 is 15.8 Å². The molecule has 3 aromatic heterocycles. The summed E-state index contributed by atoms with van der Waals surface area (Å²) in [4.78, 5) is 9.24. The van der Waals surface area contributed by atoms with Gasteiger partial charge in [0.25, 0.3) is 0 Å². The predicted molar refractivity (Wildman–Crippen MR) is 98.7 cm³/mol. The molecule has 0 aromatic carbocycles. The lowest BCUT2D eigenvalue weighted by Crippen LogP contribution is -2.10. The summed E-state index contributed by atoms with van der Waals surface area (Å²) >= 11 is 0. The quantitative estimate of drug-likeness (QED) is 0.686. The van der Waals surface area contributed by atoms with Gasteiger partial charge in [0.1, 0.15) is 11.6 Å². The molecule has 3 heterocycles. The molecule has 132 valence electrons. The number of methoxy groups -OCH3 is 1. The Morgan fingerprint density at radius 3 is 2.80 bits per heavy atom. The van der Waals surface area contributed by atoms with E-state index in [9.17, 15) is 0 Å². The normalized spacial score (nSPS) is 11.2. The van der Waals surface area contributed by atoms with Gasteiger partial charge in [-0.25, -0.2) is 4.98 Å². The Morgan fingerprint density at radius 2 is 2.04 bits per heavy atom. The number of fused-ring (bicyclic) bond motifs is 1. The van der Waals surface area contributed by atoms with Crippen molar-refractivity contribution in [2.24, 2.45) is 0 Å². The number of hydrogen-bond acceptors (Lipinski definition) is 6. The molecular weight excluding hydrogens is 316 g/mol. The van der Waals surface area contributed by atoms with Gasteiger partial charge in [0.2, 0.25) is 0 Å². The number of nitrogens with one attached hydrogen (secondary N) is 1. The average molecular weight is 340 g/mol. The summed E-state index contributed by atoms with van der Waals surface area (Å²) in [5.74, 6) is 1.34. The second-order valence-corrected chi connectivity index (χ2v) is 5.95. The minimum Gasteiger partial charge on any atom is -0.383 e. The fraction of sp³-hybridized carbons (Fsp3) is 0.389. The summed E-state index contributed by atoms with van der Waals surface area (Å²) in [6, 6.07) is 7.79. The number of ether oxygens (including phenoxy) is 1. The van der Waals surface area contributed by atoms with E-state index in [0.717, 1.165) is 53.5 Å². The van der Waals surface area contributed by atoms with E-state index in [0.29, 0.717) is 12.4 Å². The average Bonchev–Trinajstić information content (AvgIpc) is 2.91. The van der Waals surface area contributed by atoms with E-state index in [1.807, 2.05) is 31.2 Å². The number of anilines is 2. The van der Waals surface area contributed by atoms with Crippen LogP contribution in [0.2, 0.25) is 0 Å². The van der Waals surface area contributed by atoms with Crippen LogP contribution in [0.3, 0.4) is 0 Å². The van der Waals surface area contributed by atoms with Crippen LogP contribution in [0.5, 0.6) is 0 Å². The Morgan fingerprint density at radius 1 is 1.24 bits per heavy atom. The van der Waals surface area contributed by atoms with E-state index < -0.39 is 0 Å². The second-order valence-electron chi connectivity index (χ2n) is 5.95. The van der Waals surface area contributed by atoms with Crippen molar-refractivity contribution < 1.29 is 4.74 Å². The van der Waals surface area contributed by atoms with Crippen molar-refractivity contribution in [2.75, 3.05) is 24.7 Å². The lowest BCUT2D eigenvalue weighted by Gasteiger charge is -2.08. The Kier molecular flexibility index (Phi) is 5.14. The highest BCUT2D eigenvalue weighted by Gasteiger charge is 2.12. The number of rotatable bonds is 7. The van der Waals surface area contributed by atoms with Crippen molar-refractivity contribution >= 4 is 17.3 Å². The zero-order valence-electron chi connectivity index (χ0n) is 14.9. The van der Waals surface area contributed by atoms with E-state index in [1.165, 1.54) is 0 Å². The maximum atomic E-state index is 6.12. The first-order valence-corrected chi connectivity index (χ1v) is 8.44. The van der Waals surface area contributed by atoms with Crippen LogP contribution in [0.1, 0.15) is 29.6 Å². The van der Waals surface area contributed by atoms with Crippen LogP contribution < -0.4 is 11.1 Å². The number of nitrogens with two attached hydrogens (primary N) is 1. The van der Waals surface area contributed by atoms with Gasteiger partial charge in [-0.2, -0.15) is 9.61 Å². The summed E-state index contributed by atoms with van der Waals surface area (Å²) in [5.41, 5.74) is 11.0. The minimum atomic E-state index is 0.524. The fourth-order valence-electron chi connectivity index (χ4n) is 2.91. The number of aryl methyl sites for hydroxylation is 2. The summed E-state index contributed by atoms with van der Waals surface area (Å²) < 4.78 is 6.83. The number of nitrogen functional groups attached to an aromatic ring is 1. The molecule has 0 bridgehead atoms. The largest absolute Gasteiger partial charge is 0.383 e. The molecule has 25 heavy (non-hydrogen) atoms. The van der Waals surface area contributed by atoms with Gasteiger partial charge >= 0.3 is 0 Å². The fourth-order valence-corrected chi connectivity index (χ4v) is 2.91. The highest BCUT2D eigenvalue weighted by atomic mass is 16.5. The molecule has 3 N–H and O–H groups in total. The number of nitrogens with zero attached hydrogens (tertiary/aromatic N) is 4. The topological polar surface area (TPSA) is 90.4 Å². The van der Waals surface area contributed by atoms with Crippen LogP contribution in [0.4, 0.5) is 11.6 Å². The maximum Gasteiger partial charge on any atom is 0.163 e. The van der Waals surface area contributed by atoms with Gasteiger partial charge in [-0.1, -0.05) is 13.0 Å². The molecule has 0 saturated heterocycles. The van der Waals surface area contributed by atoms with Crippen molar-refractivity contribution in [3.05, 3.63) is 46.9 Å². The van der Waals surface area contributed by atoms with Gasteiger partial charge in [-0.3, -0.25) is 4.98 Å². The van der Waals surface area contributed by atoms with Crippen LogP contribution in [0.15, 0.2) is 24.3 Å². The summed E-state index contributed by atoms with van der Waals surface area (Å²) in [7, 11) is 1.67. The number of pyridine rings is 1. The van der Waals surface area contributed by atoms with Crippen LogP contribution >= 0.6 is 0 Å². The molecule has 0 radical (unpaired) electrons. The van der Waals surface area contributed by atoms with E-state index in [1.54, 1.807) is 11.6 Å². The third-order valence-electron chi connectivity index (χ3n) is 4.11.